The van der Waals surface area contributed by atoms with Gasteiger partial charge in [0.25, 0.3) is 5.91 Å². The van der Waals surface area contributed by atoms with E-state index in [0.717, 1.165) is 36.1 Å². The number of carbonyl (C=O) groups is 1. The molecule has 5 rings (SSSR count). The van der Waals surface area contributed by atoms with Crippen molar-refractivity contribution < 1.29 is 18.3 Å². The molecule has 2 aromatic carbocycles. The van der Waals surface area contributed by atoms with Gasteiger partial charge < -0.3 is 10.0 Å². The molecular weight excluding hydrogens is 426 g/mol. The van der Waals surface area contributed by atoms with Crippen LogP contribution in [0.15, 0.2) is 54.7 Å². The fourth-order valence-corrected chi connectivity index (χ4v) is 5.17. The average molecular weight is 454 g/mol. The van der Waals surface area contributed by atoms with Crippen molar-refractivity contribution in [1.82, 2.24) is 13.8 Å². The molecule has 1 aliphatic heterocycles. The van der Waals surface area contributed by atoms with Crippen molar-refractivity contribution in [2.45, 2.75) is 25.0 Å². The zero-order valence-electron chi connectivity index (χ0n) is 18.1. The van der Waals surface area contributed by atoms with E-state index >= 15 is 0 Å². The van der Waals surface area contributed by atoms with Gasteiger partial charge >= 0.3 is 0 Å². The number of aliphatic hydroxyl groups is 1. The number of carbonyl (C=O) groups excluding carboxylic acids is 1. The summed E-state index contributed by atoms with van der Waals surface area (Å²) in [6.45, 7) is 3.70. The maximum atomic E-state index is 12.3. The lowest BCUT2D eigenvalue weighted by Crippen LogP contribution is -2.51. The van der Waals surface area contributed by atoms with Gasteiger partial charge in [-0.2, -0.15) is 0 Å². The monoisotopic (exact) mass is 453 g/mol. The van der Waals surface area contributed by atoms with Crippen molar-refractivity contribution in [3.63, 3.8) is 0 Å². The van der Waals surface area contributed by atoms with Crippen LogP contribution in [0.25, 0.3) is 22.0 Å². The third-order valence-electron chi connectivity index (χ3n) is 6.49. The van der Waals surface area contributed by atoms with E-state index in [1.54, 1.807) is 11.1 Å². The minimum atomic E-state index is -3.35. The van der Waals surface area contributed by atoms with E-state index in [2.05, 4.69) is 29.2 Å². The number of hydrogen-bond donors (Lipinski definition) is 1. The summed E-state index contributed by atoms with van der Waals surface area (Å²) in [6, 6.07) is 16.0. The molecule has 1 aliphatic carbocycles. The standard InChI is InChI=1S/C24H27N3O4S/c1-32(30,31)27-11-8-20-6-7-21(16-22(20)27)19-4-2-18(3-5-19)17-25-12-14-26(15-13-25)23(28)24(29)9-10-24/h2-8,11,16,29H,9-10,12-15,17H2,1H3. The molecule has 0 atom stereocenters. The molecule has 1 amide bonds. The minimum absolute atomic E-state index is 0.111. The highest BCUT2D eigenvalue weighted by Crippen LogP contribution is 2.37. The summed E-state index contributed by atoms with van der Waals surface area (Å²) in [5.41, 5.74) is 2.79. The molecule has 0 bridgehead atoms. The second-order valence-electron chi connectivity index (χ2n) is 8.95. The molecule has 1 saturated carbocycles. The van der Waals surface area contributed by atoms with Crippen LogP contribution in [0.4, 0.5) is 0 Å². The first-order valence-electron chi connectivity index (χ1n) is 10.9. The summed E-state index contributed by atoms with van der Waals surface area (Å²) in [5.74, 6) is -0.111. The minimum Gasteiger partial charge on any atom is -0.380 e. The van der Waals surface area contributed by atoms with Crippen molar-refractivity contribution in [2.75, 3.05) is 32.4 Å². The normalized spacial score (nSPS) is 18.8. The van der Waals surface area contributed by atoms with Crippen LogP contribution in [0.5, 0.6) is 0 Å². The van der Waals surface area contributed by atoms with Crippen LogP contribution in [0.2, 0.25) is 0 Å². The van der Waals surface area contributed by atoms with E-state index in [1.807, 2.05) is 24.3 Å². The molecule has 0 spiro atoms. The van der Waals surface area contributed by atoms with E-state index < -0.39 is 15.6 Å². The Morgan fingerprint density at radius 1 is 0.969 bits per heavy atom. The molecule has 1 saturated heterocycles. The lowest BCUT2D eigenvalue weighted by atomic mass is 10.0. The van der Waals surface area contributed by atoms with E-state index in [0.29, 0.717) is 31.4 Å². The highest BCUT2D eigenvalue weighted by Gasteiger charge is 2.50. The predicted molar refractivity (Wildman–Crippen MR) is 124 cm³/mol. The smallest absolute Gasteiger partial charge is 0.254 e. The number of benzene rings is 2. The van der Waals surface area contributed by atoms with Crippen molar-refractivity contribution in [3.05, 3.63) is 60.3 Å². The van der Waals surface area contributed by atoms with Gasteiger partial charge in [0.2, 0.25) is 10.0 Å². The molecule has 7 nitrogen and oxygen atoms in total. The van der Waals surface area contributed by atoms with Gasteiger partial charge in [0.1, 0.15) is 5.60 Å². The summed E-state index contributed by atoms with van der Waals surface area (Å²) < 4.78 is 25.4. The summed E-state index contributed by atoms with van der Waals surface area (Å²) in [6.07, 6.45) is 3.97. The van der Waals surface area contributed by atoms with Crippen LogP contribution in [-0.2, 0) is 21.4 Å². The number of rotatable bonds is 5. The molecule has 2 aliphatic rings. The number of amides is 1. The van der Waals surface area contributed by atoms with Crippen LogP contribution >= 0.6 is 0 Å². The number of fused-ring (bicyclic) bond motifs is 1. The largest absolute Gasteiger partial charge is 0.380 e. The summed E-state index contributed by atoms with van der Waals surface area (Å²) in [4.78, 5) is 16.4. The number of aromatic nitrogens is 1. The maximum Gasteiger partial charge on any atom is 0.254 e. The van der Waals surface area contributed by atoms with Crippen molar-refractivity contribution in [2.24, 2.45) is 0 Å². The highest BCUT2D eigenvalue weighted by molar-refractivity contribution is 7.89. The van der Waals surface area contributed by atoms with E-state index in [9.17, 15) is 18.3 Å². The van der Waals surface area contributed by atoms with Crippen molar-refractivity contribution >= 4 is 26.8 Å². The topological polar surface area (TPSA) is 82.9 Å². The number of piperazine rings is 1. The van der Waals surface area contributed by atoms with E-state index in [-0.39, 0.29) is 5.91 Å². The summed E-state index contributed by atoms with van der Waals surface area (Å²) >= 11 is 0. The molecule has 1 aromatic heterocycles. The van der Waals surface area contributed by atoms with Gasteiger partial charge in [0.05, 0.1) is 11.8 Å². The Labute approximate surface area is 187 Å². The fourth-order valence-electron chi connectivity index (χ4n) is 4.37. The molecular formula is C24H27N3O4S. The Kier molecular flexibility index (Phi) is 5.11. The Morgan fingerprint density at radius 3 is 2.25 bits per heavy atom. The van der Waals surface area contributed by atoms with Gasteiger partial charge in [-0.1, -0.05) is 36.4 Å². The van der Waals surface area contributed by atoms with Crippen LogP contribution in [-0.4, -0.2) is 71.2 Å². The summed E-state index contributed by atoms with van der Waals surface area (Å²) in [7, 11) is -3.35. The zero-order chi connectivity index (χ0) is 22.5. The Hall–Kier alpha value is -2.68. The molecule has 168 valence electrons. The first-order chi connectivity index (χ1) is 15.2. The molecule has 0 radical (unpaired) electrons. The third kappa shape index (κ3) is 4.05. The lowest BCUT2D eigenvalue weighted by Gasteiger charge is -2.35. The van der Waals surface area contributed by atoms with Crippen molar-refractivity contribution in [1.29, 1.82) is 0 Å². The van der Waals surface area contributed by atoms with Gasteiger partial charge in [0.15, 0.2) is 0 Å². The van der Waals surface area contributed by atoms with Gasteiger partial charge in [-0.25, -0.2) is 12.4 Å². The van der Waals surface area contributed by atoms with Gasteiger partial charge in [-0.3, -0.25) is 9.69 Å². The Morgan fingerprint density at radius 2 is 1.62 bits per heavy atom. The second kappa shape index (κ2) is 7.72. The van der Waals surface area contributed by atoms with Crippen molar-refractivity contribution in [3.8, 4) is 11.1 Å². The molecule has 2 fully saturated rings. The first-order valence-corrected chi connectivity index (χ1v) is 12.7. The predicted octanol–water partition coefficient (Wildman–Crippen LogP) is 2.29. The number of nitrogens with zero attached hydrogens (tertiary/aromatic N) is 3. The Bertz CT molecular complexity index is 1270. The first kappa shape index (κ1) is 21.2. The lowest BCUT2D eigenvalue weighted by molar-refractivity contribution is -0.144. The average Bonchev–Trinajstić information content (AvgIpc) is 3.37. The molecule has 8 heteroatoms. The van der Waals surface area contributed by atoms with E-state index in [1.165, 1.54) is 15.8 Å². The van der Waals surface area contributed by atoms with Crippen LogP contribution in [0, 0.1) is 0 Å². The second-order valence-corrected chi connectivity index (χ2v) is 10.8. The Balaban J connectivity index is 1.25. The van der Waals surface area contributed by atoms with Gasteiger partial charge in [-0.15, -0.1) is 0 Å². The van der Waals surface area contributed by atoms with Gasteiger partial charge in [0, 0.05) is 44.3 Å². The zero-order valence-corrected chi connectivity index (χ0v) is 18.9. The molecule has 3 aromatic rings. The molecule has 32 heavy (non-hydrogen) atoms. The van der Waals surface area contributed by atoms with Crippen LogP contribution in [0.1, 0.15) is 18.4 Å². The quantitative estimate of drug-likeness (QED) is 0.641. The molecule has 1 N–H and O–H groups in total. The summed E-state index contributed by atoms with van der Waals surface area (Å²) in [5, 5.41) is 10.9. The van der Waals surface area contributed by atoms with E-state index in [4.69, 9.17) is 0 Å². The van der Waals surface area contributed by atoms with Crippen LogP contribution < -0.4 is 0 Å². The molecule has 0 unspecified atom stereocenters. The highest BCUT2D eigenvalue weighted by atomic mass is 32.2. The fraction of sp³-hybridized carbons (Fsp3) is 0.375. The van der Waals surface area contributed by atoms with Crippen LogP contribution in [0.3, 0.4) is 0 Å². The SMILES string of the molecule is CS(=O)(=O)n1ccc2ccc(-c3ccc(CN4CCN(C(=O)C5(O)CC5)CC4)cc3)cc21. The van der Waals surface area contributed by atoms with Gasteiger partial charge in [-0.05, 0) is 41.7 Å². The molecule has 2 heterocycles. The number of hydrogen-bond acceptors (Lipinski definition) is 5. The maximum absolute atomic E-state index is 12.3. The third-order valence-corrected chi connectivity index (χ3v) is 7.52.